The highest BCUT2D eigenvalue weighted by atomic mass is 35.5. The van der Waals surface area contributed by atoms with Gasteiger partial charge in [-0.3, -0.25) is 0 Å². The van der Waals surface area contributed by atoms with E-state index >= 15 is 0 Å². The van der Waals surface area contributed by atoms with Crippen LogP contribution in [0.2, 0.25) is 5.15 Å². The van der Waals surface area contributed by atoms with Crippen LogP contribution >= 0.6 is 11.6 Å². The Morgan fingerprint density at radius 2 is 1.71 bits per heavy atom. The highest BCUT2D eigenvalue weighted by Gasteiger charge is 2.18. The first-order valence-corrected chi connectivity index (χ1v) is 6.80. The van der Waals surface area contributed by atoms with E-state index in [2.05, 4.69) is 4.98 Å². The Balaban J connectivity index is 2.54. The van der Waals surface area contributed by atoms with Crippen molar-refractivity contribution in [3.63, 3.8) is 0 Å². The Bertz CT molecular complexity index is 636. The van der Waals surface area contributed by atoms with Crippen molar-refractivity contribution in [2.45, 2.75) is 16.8 Å². The van der Waals surface area contributed by atoms with Gasteiger partial charge in [0.25, 0.3) is 0 Å². The van der Waals surface area contributed by atoms with Gasteiger partial charge in [-0.25, -0.2) is 13.4 Å². The smallest absolute Gasteiger partial charge is 0.223 e. The monoisotopic (exact) mass is 267 g/mol. The van der Waals surface area contributed by atoms with Crippen molar-refractivity contribution >= 4 is 21.4 Å². The number of hydrogen-bond acceptors (Lipinski definition) is 3. The maximum Gasteiger partial charge on any atom is 0.223 e. The third-order valence-electron chi connectivity index (χ3n) is 2.30. The minimum atomic E-state index is -3.57. The Morgan fingerprint density at radius 1 is 1.06 bits per heavy atom. The summed E-state index contributed by atoms with van der Waals surface area (Å²) < 4.78 is 24.4. The molecule has 0 amide bonds. The van der Waals surface area contributed by atoms with Gasteiger partial charge in [0.15, 0.2) is 5.03 Å². The van der Waals surface area contributed by atoms with E-state index in [1.165, 1.54) is 12.1 Å². The number of benzene rings is 1. The van der Waals surface area contributed by atoms with E-state index in [9.17, 15) is 8.42 Å². The zero-order valence-corrected chi connectivity index (χ0v) is 10.7. The van der Waals surface area contributed by atoms with Crippen molar-refractivity contribution in [1.82, 2.24) is 4.98 Å². The Hall–Kier alpha value is -1.39. The largest absolute Gasteiger partial charge is 0.224 e. The van der Waals surface area contributed by atoms with Crippen molar-refractivity contribution < 1.29 is 8.42 Å². The number of pyridine rings is 1. The van der Waals surface area contributed by atoms with Crippen LogP contribution in [0, 0.1) is 6.92 Å². The van der Waals surface area contributed by atoms with E-state index < -0.39 is 9.84 Å². The van der Waals surface area contributed by atoms with Crippen molar-refractivity contribution in [3.8, 4) is 0 Å². The number of nitrogens with zero attached hydrogens (tertiary/aromatic N) is 1. The normalized spacial score (nSPS) is 11.4. The standard InChI is InChI=1S/C12H10ClNO2S/c1-9-5-7-10(8-6-9)17(15,16)12-4-2-3-11(13)14-12/h2-8H,1H3. The van der Waals surface area contributed by atoms with Crippen LogP contribution in [-0.2, 0) is 9.84 Å². The minimum Gasteiger partial charge on any atom is -0.224 e. The lowest BCUT2D eigenvalue weighted by Gasteiger charge is -2.04. The van der Waals surface area contributed by atoms with Gasteiger partial charge in [0.05, 0.1) is 4.90 Å². The summed E-state index contributed by atoms with van der Waals surface area (Å²) >= 11 is 5.69. The molecule has 0 spiro atoms. The van der Waals surface area contributed by atoms with Crippen LogP contribution in [0.5, 0.6) is 0 Å². The number of hydrogen-bond donors (Lipinski definition) is 0. The Kier molecular flexibility index (Phi) is 3.17. The molecular weight excluding hydrogens is 258 g/mol. The van der Waals surface area contributed by atoms with Crippen LogP contribution in [0.1, 0.15) is 5.56 Å². The fraction of sp³-hybridized carbons (Fsp3) is 0.0833. The topological polar surface area (TPSA) is 47.0 Å². The maximum atomic E-state index is 12.2. The van der Waals surface area contributed by atoms with Gasteiger partial charge in [-0.1, -0.05) is 35.4 Å². The summed E-state index contributed by atoms with van der Waals surface area (Å²) in [4.78, 5) is 4.04. The molecule has 1 heterocycles. The second kappa shape index (κ2) is 4.47. The zero-order chi connectivity index (χ0) is 12.5. The Labute approximate surface area is 105 Å². The number of halogens is 1. The van der Waals surface area contributed by atoms with Gasteiger partial charge in [-0.05, 0) is 31.2 Å². The summed E-state index contributed by atoms with van der Waals surface area (Å²) in [5, 5.41) is 0.132. The molecule has 0 atom stereocenters. The number of aryl methyl sites for hydroxylation is 1. The number of sulfone groups is 1. The summed E-state index contributed by atoms with van der Waals surface area (Å²) in [6.45, 7) is 1.90. The first-order valence-electron chi connectivity index (χ1n) is 4.94. The van der Waals surface area contributed by atoms with Gasteiger partial charge < -0.3 is 0 Å². The maximum absolute atomic E-state index is 12.2. The Morgan fingerprint density at radius 3 is 2.29 bits per heavy atom. The van der Waals surface area contributed by atoms with Gasteiger partial charge in [-0.15, -0.1) is 0 Å². The van der Waals surface area contributed by atoms with Crippen LogP contribution in [0.15, 0.2) is 52.4 Å². The van der Waals surface area contributed by atoms with Crippen LogP contribution in [0.3, 0.4) is 0 Å². The molecule has 0 bridgehead atoms. The SMILES string of the molecule is Cc1ccc(S(=O)(=O)c2cccc(Cl)n2)cc1. The third-order valence-corrected chi connectivity index (χ3v) is 4.18. The average Bonchev–Trinajstić information content (AvgIpc) is 2.29. The van der Waals surface area contributed by atoms with Crippen molar-refractivity contribution in [2.75, 3.05) is 0 Å². The predicted molar refractivity (Wildman–Crippen MR) is 65.9 cm³/mol. The molecule has 1 aromatic carbocycles. The second-order valence-corrected chi connectivity index (χ2v) is 5.90. The highest BCUT2D eigenvalue weighted by Crippen LogP contribution is 2.20. The van der Waals surface area contributed by atoms with Gasteiger partial charge >= 0.3 is 0 Å². The highest BCUT2D eigenvalue weighted by molar-refractivity contribution is 7.91. The fourth-order valence-corrected chi connectivity index (χ4v) is 2.80. The average molecular weight is 268 g/mol. The molecule has 0 aliphatic heterocycles. The predicted octanol–water partition coefficient (Wildman–Crippen LogP) is 2.88. The van der Waals surface area contributed by atoms with E-state index in [4.69, 9.17) is 11.6 Å². The second-order valence-electron chi connectivity index (χ2n) is 3.62. The summed E-state index contributed by atoms with van der Waals surface area (Å²) in [5.74, 6) is 0. The van der Waals surface area contributed by atoms with Gasteiger partial charge in [-0.2, -0.15) is 0 Å². The first kappa shape index (κ1) is 12.1. The van der Waals surface area contributed by atoms with Crippen molar-refractivity contribution in [1.29, 1.82) is 0 Å². The molecule has 0 radical (unpaired) electrons. The molecule has 0 aliphatic rings. The van der Waals surface area contributed by atoms with Crippen molar-refractivity contribution in [3.05, 3.63) is 53.2 Å². The molecule has 17 heavy (non-hydrogen) atoms. The van der Waals surface area contributed by atoms with Crippen LogP contribution in [-0.4, -0.2) is 13.4 Å². The number of rotatable bonds is 2. The lowest BCUT2D eigenvalue weighted by molar-refractivity contribution is 0.592. The molecule has 0 saturated heterocycles. The molecular formula is C12H10ClNO2S. The van der Waals surface area contributed by atoms with Crippen LogP contribution in [0.25, 0.3) is 0 Å². The quantitative estimate of drug-likeness (QED) is 0.786. The van der Waals surface area contributed by atoms with E-state index in [-0.39, 0.29) is 15.1 Å². The minimum absolute atomic E-state index is 0.0335. The van der Waals surface area contributed by atoms with Crippen LogP contribution < -0.4 is 0 Å². The van der Waals surface area contributed by atoms with Crippen LogP contribution in [0.4, 0.5) is 0 Å². The molecule has 0 N–H and O–H groups in total. The molecule has 1 aromatic heterocycles. The first-order chi connectivity index (χ1) is 8.00. The summed E-state index contributed by atoms with van der Waals surface area (Å²) in [7, 11) is -3.57. The molecule has 0 unspecified atom stereocenters. The zero-order valence-electron chi connectivity index (χ0n) is 9.09. The van der Waals surface area contributed by atoms with E-state index in [1.807, 2.05) is 6.92 Å². The molecule has 88 valence electrons. The molecule has 0 fully saturated rings. The summed E-state index contributed by atoms with van der Waals surface area (Å²) in [5.41, 5.74) is 1.00. The molecule has 5 heteroatoms. The van der Waals surface area contributed by atoms with E-state index in [0.29, 0.717) is 0 Å². The lowest BCUT2D eigenvalue weighted by Crippen LogP contribution is -2.04. The van der Waals surface area contributed by atoms with Gasteiger partial charge in [0, 0.05) is 0 Å². The molecule has 2 rings (SSSR count). The van der Waals surface area contributed by atoms with Gasteiger partial charge in [0.1, 0.15) is 5.15 Å². The summed E-state index contributed by atoms with van der Waals surface area (Å²) in [6, 6.07) is 11.2. The molecule has 2 aromatic rings. The fourth-order valence-electron chi connectivity index (χ4n) is 1.38. The molecule has 0 aliphatic carbocycles. The summed E-state index contributed by atoms with van der Waals surface area (Å²) in [6.07, 6.45) is 0. The number of aromatic nitrogens is 1. The van der Waals surface area contributed by atoms with Crippen molar-refractivity contribution in [2.24, 2.45) is 0 Å². The van der Waals surface area contributed by atoms with E-state index in [1.54, 1.807) is 30.3 Å². The van der Waals surface area contributed by atoms with Gasteiger partial charge in [0.2, 0.25) is 9.84 Å². The third kappa shape index (κ3) is 2.48. The lowest BCUT2D eigenvalue weighted by atomic mass is 10.2. The molecule has 3 nitrogen and oxygen atoms in total. The molecule has 0 saturated carbocycles. The van der Waals surface area contributed by atoms with E-state index in [0.717, 1.165) is 5.56 Å².